The summed E-state index contributed by atoms with van der Waals surface area (Å²) in [7, 11) is 1.79. The van der Waals surface area contributed by atoms with E-state index in [0.717, 1.165) is 44.2 Å². The maximum absolute atomic E-state index is 14.0. The molecule has 0 heterocycles. The average Bonchev–Trinajstić information content (AvgIpc) is 2.52. The van der Waals surface area contributed by atoms with Gasteiger partial charge < -0.3 is 14.6 Å². The minimum absolute atomic E-state index is 0.00240. The fourth-order valence-electron chi connectivity index (χ4n) is 5.27. The van der Waals surface area contributed by atoms with Crippen molar-refractivity contribution < 1.29 is 23.8 Å². The molecule has 0 unspecified atom stereocenters. The zero-order chi connectivity index (χ0) is 17.1. The number of carboxylic acid groups (broad SMARTS) is 1. The molecule has 4 fully saturated rings. The van der Waals surface area contributed by atoms with E-state index in [4.69, 9.17) is 26.2 Å². The minimum Gasteiger partial charge on any atom is -0.488 e. The number of hydrogen-bond acceptors (Lipinski definition) is 3. The molecule has 5 rings (SSSR count). The van der Waals surface area contributed by atoms with Crippen molar-refractivity contribution in [2.45, 2.75) is 43.8 Å². The lowest BCUT2D eigenvalue weighted by atomic mass is 9.53. The third-order valence-electron chi connectivity index (χ3n) is 6.08. The first-order chi connectivity index (χ1) is 11.4. The van der Waals surface area contributed by atoms with E-state index >= 15 is 0 Å². The molecule has 130 valence electrons. The van der Waals surface area contributed by atoms with E-state index < -0.39 is 17.3 Å². The lowest BCUT2D eigenvalue weighted by molar-refractivity contribution is -0.182. The number of halogens is 2. The first-order valence-electron chi connectivity index (χ1n) is 8.35. The molecule has 0 radical (unpaired) electrons. The van der Waals surface area contributed by atoms with Gasteiger partial charge in [-0.25, -0.2) is 9.18 Å². The molecule has 4 saturated carbocycles. The number of benzene rings is 1. The van der Waals surface area contributed by atoms with Gasteiger partial charge in [0.2, 0.25) is 0 Å². The van der Waals surface area contributed by atoms with Gasteiger partial charge in [-0.05, 0) is 55.9 Å². The summed E-state index contributed by atoms with van der Waals surface area (Å²) in [5.41, 5.74) is -0.450. The molecular formula is C18H20ClFO4. The predicted octanol–water partition coefficient (Wildman–Crippen LogP) is 4.15. The molecule has 0 saturated heterocycles. The van der Waals surface area contributed by atoms with Gasteiger partial charge in [0.05, 0.1) is 16.2 Å². The van der Waals surface area contributed by atoms with E-state index in [-0.39, 0.29) is 22.5 Å². The van der Waals surface area contributed by atoms with E-state index in [2.05, 4.69) is 0 Å². The number of carbonyl (C=O) groups is 1. The lowest BCUT2D eigenvalue weighted by Crippen LogP contribution is -2.59. The molecule has 0 aliphatic heterocycles. The molecule has 4 nitrogen and oxygen atoms in total. The fourth-order valence-corrected chi connectivity index (χ4v) is 5.48. The Hall–Kier alpha value is -1.33. The average molecular weight is 355 g/mol. The summed E-state index contributed by atoms with van der Waals surface area (Å²) in [6.45, 7) is 0. The van der Waals surface area contributed by atoms with Gasteiger partial charge in [0.15, 0.2) is 0 Å². The van der Waals surface area contributed by atoms with E-state index in [0.29, 0.717) is 17.8 Å². The predicted molar refractivity (Wildman–Crippen MR) is 86.1 cm³/mol. The molecule has 1 aromatic rings. The van der Waals surface area contributed by atoms with Crippen molar-refractivity contribution in [1.29, 1.82) is 0 Å². The SMILES string of the molecule is COC12CC3C[C@@H](C1)C(Oc1cc(F)c(C(=O)O)cc1Cl)[C@@H](C3)C2. The molecule has 1 aromatic carbocycles. The van der Waals surface area contributed by atoms with Crippen LogP contribution in [-0.2, 0) is 4.74 Å². The molecular weight excluding hydrogens is 335 g/mol. The van der Waals surface area contributed by atoms with Gasteiger partial charge in [-0.15, -0.1) is 0 Å². The van der Waals surface area contributed by atoms with Crippen LogP contribution in [-0.4, -0.2) is 29.9 Å². The number of carboxylic acids is 1. The van der Waals surface area contributed by atoms with Crippen molar-refractivity contribution in [3.05, 3.63) is 28.5 Å². The Kier molecular flexibility index (Phi) is 3.77. The number of ether oxygens (including phenoxy) is 2. The highest BCUT2D eigenvalue weighted by Crippen LogP contribution is 2.58. The second-order valence-corrected chi connectivity index (χ2v) is 7.91. The second kappa shape index (κ2) is 5.60. The quantitative estimate of drug-likeness (QED) is 0.882. The molecule has 2 atom stereocenters. The van der Waals surface area contributed by atoms with Gasteiger partial charge in [0.1, 0.15) is 17.7 Å². The van der Waals surface area contributed by atoms with Gasteiger partial charge in [0.25, 0.3) is 0 Å². The summed E-state index contributed by atoms with van der Waals surface area (Å²) in [5, 5.41) is 9.11. The maximum Gasteiger partial charge on any atom is 0.338 e. The Labute approximate surface area is 144 Å². The van der Waals surface area contributed by atoms with Crippen LogP contribution in [0.25, 0.3) is 0 Å². The molecule has 24 heavy (non-hydrogen) atoms. The Bertz CT molecular complexity index is 676. The van der Waals surface area contributed by atoms with Crippen LogP contribution in [0, 0.1) is 23.6 Å². The van der Waals surface area contributed by atoms with Crippen LogP contribution in [0.4, 0.5) is 4.39 Å². The van der Waals surface area contributed by atoms with Crippen LogP contribution < -0.4 is 4.74 Å². The molecule has 4 aliphatic carbocycles. The summed E-state index contributed by atoms with van der Waals surface area (Å²) in [6.07, 6.45) is 5.28. The Morgan fingerprint density at radius 3 is 2.54 bits per heavy atom. The molecule has 0 amide bonds. The maximum atomic E-state index is 14.0. The van der Waals surface area contributed by atoms with Gasteiger partial charge in [-0.1, -0.05) is 11.6 Å². The van der Waals surface area contributed by atoms with Gasteiger partial charge in [-0.3, -0.25) is 0 Å². The highest BCUT2D eigenvalue weighted by molar-refractivity contribution is 6.32. The van der Waals surface area contributed by atoms with Crippen molar-refractivity contribution in [3.8, 4) is 5.75 Å². The smallest absolute Gasteiger partial charge is 0.338 e. The first-order valence-corrected chi connectivity index (χ1v) is 8.73. The van der Waals surface area contributed by atoms with Crippen molar-refractivity contribution in [2.24, 2.45) is 17.8 Å². The second-order valence-electron chi connectivity index (χ2n) is 7.51. The summed E-state index contributed by atoms with van der Waals surface area (Å²) < 4.78 is 25.9. The molecule has 6 heteroatoms. The number of rotatable bonds is 4. The van der Waals surface area contributed by atoms with Crippen molar-refractivity contribution in [1.82, 2.24) is 0 Å². The van der Waals surface area contributed by atoms with Crippen LogP contribution in [0.1, 0.15) is 42.5 Å². The first kappa shape index (κ1) is 16.2. The number of hydrogen-bond donors (Lipinski definition) is 1. The fraction of sp³-hybridized carbons (Fsp3) is 0.611. The molecule has 1 N–H and O–H groups in total. The molecule has 4 aliphatic rings. The molecule has 0 aromatic heterocycles. The van der Waals surface area contributed by atoms with E-state index in [1.807, 2.05) is 0 Å². The van der Waals surface area contributed by atoms with E-state index in [1.54, 1.807) is 7.11 Å². The Morgan fingerprint density at radius 1 is 1.29 bits per heavy atom. The van der Waals surface area contributed by atoms with Crippen molar-refractivity contribution >= 4 is 17.6 Å². The van der Waals surface area contributed by atoms with E-state index in [9.17, 15) is 9.18 Å². The van der Waals surface area contributed by atoms with Gasteiger partial charge >= 0.3 is 5.97 Å². The molecule has 0 spiro atoms. The van der Waals surface area contributed by atoms with Crippen LogP contribution in [0.15, 0.2) is 12.1 Å². The minimum atomic E-state index is -1.34. The van der Waals surface area contributed by atoms with Crippen molar-refractivity contribution in [3.63, 3.8) is 0 Å². The lowest BCUT2D eigenvalue weighted by Gasteiger charge is -2.58. The Balaban J connectivity index is 1.59. The summed E-state index contributed by atoms with van der Waals surface area (Å²) in [5.74, 6) is -0.465. The van der Waals surface area contributed by atoms with Crippen LogP contribution in [0.2, 0.25) is 5.02 Å². The largest absolute Gasteiger partial charge is 0.488 e. The zero-order valence-corrected chi connectivity index (χ0v) is 14.2. The highest BCUT2D eigenvalue weighted by atomic mass is 35.5. The van der Waals surface area contributed by atoms with Gasteiger partial charge in [0, 0.05) is 13.2 Å². The van der Waals surface area contributed by atoms with Crippen molar-refractivity contribution in [2.75, 3.05) is 7.11 Å². The third-order valence-corrected chi connectivity index (χ3v) is 6.37. The molecule has 4 bridgehead atoms. The van der Waals surface area contributed by atoms with Gasteiger partial charge in [-0.2, -0.15) is 0 Å². The Morgan fingerprint density at radius 2 is 1.96 bits per heavy atom. The number of methoxy groups -OCH3 is 1. The van der Waals surface area contributed by atoms with Crippen LogP contribution >= 0.6 is 11.6 Å². The topological polar surface area (TPSA) is 55.8 Å². The third kappa shape index (κ3) is 2.49. The summed E-state index contributed by atoms with van der Waals surface area (Å²) in [4.78, 5) is 11.0. The zero-order valence-electron chi connectivity index (χ0n) is 13.4. The number of aromatic carboxylic acids is 1. The highest BCUT2D eigenvalue weighted by Gasteiger charge is 2.56. The summed E-state index contributed by atoms with van der Waals surface area (Å²) in [6, 6.07) is 2.23. The van der Waals surface area contributed by atoms with E-state index in [1.165, 1.54) is 0 Å². The normalized spacial score (nSPS) is 36.8. The van der Waals surface area contributed by atoms with Crippen LogP contribution in [0.3, 0.4) is 0 Å². The van der Waals surface area contributed by atoms with Crippen LogP contribution in [0.5, 0.6) is 5.75 Å². The monoisotopic (exact) mass is 354 g/mol. The standard InChI is InChI=1S/C18H20ClFO4/c1-23-18-6-9-2-10(7-18)16(11(3-9)8-18)24-15-5-14(20)12(17(21)22)4-13(15)19/h4-5,9-11,16H,2-3,6-8H2,1H3,(H,21,22)/t9?,10-,11-,16?,18?/m0/s1. The summed E-state index contributed by atoms with van der Waals surface area (Å²) >= 11 is 6.13.